The van der Waals surface area contributed by atoms with Crippen LogP contribution in [0.4, 0.5) is 0 Å². The van der Waals surface area contributed by atoms with Crippen LogP contribution in [-0.4, -0.2) is 16.9 Å². The third-order valence-corrected chi connectivity index (χ3v) is 6.36. The molecular formula is C23H24O3. The number of carboxylic acids is 1. The van der Waals surface area contributed by atoms with Crippen LogP contribution >= 0.6 is 0 Å². The summed E-state index contributed by atoms with van der Waals surface area (Å²) in [4.78, 5) is 23.6. The molecule has 2 atom stereocenters. The molecule has 0 bridgehead atoms. The van der Waals surface area contributed by atoms with E-state index in [-0.39, 0.29) is 5.41 Å². The first-order valence-corrected chi connectivity index (χ1v) is 9.51. The first-order valence-electron chi connectivity index (χ1n) is 9.51. The Balaban J connectivity index is 1.84. The van der Waals surface area contributed by atoms with E-state index in [1.807, 2.05) is 18.2 Å². The molecule has 3 heteroatoms. The average molecular weight is 348 g/mol. The molecule has 134 valence electrons. The molecule has 4 rings (SSSR count). The maximum absolute atomic E-state index is 12.2. The molecule has 1 fully saturated rings. The predicted molar refractivity (Wildman–Crippen MR) is 101 cm³/mol. The van der Waals surface area contributed by atoms with Gasteiger partial charge in [0.25, 0.3) is 0 Å². The lowest BCUT2D eigenvalue weighted by Crippen LogP contribution is -2.42. The summed E-state index contributed by atoms with van der Waals surface area (Å²) >= 11 is 0. The van der Waals surface area contributed by atoms with Crippen molar-refractivity contribution >= 4 is 11.8 Å². The van der Waals surface area contributed by atoms with Gasteiger partial charge < -0.3 is 5.11 Å². The number of aromatic carboxylic acids is 1. The van der Waals surface area contributed by atoms with Crippen LogP contribution in [-0.2, 0) is 23.1 Å². The molecule has 2 aromatic carbocycles. The van der Waals surface area contributed by atoms with Crippen LogP contribution in [0.2, 0.25) is 0 Å². The largest absolute Gasteiger partial charge is 0.478 e. The Kier molecular flexibility index (Phi) is 4.39. The fraction of sp³-hybridized carbons (Fsp3) is 0.391. The van der Waals surface area contributed by atoms with Gasteiger partial charge in [-0.2, -0.15) is 0 Å². The molecule has 2 aliphatic rings. The highest BCUT2D eigenvalue weighted by molar-refractivity contribution is 5.88. The normalized spacial score (nSPS) is 25.1. The van der Waals surface area contributed by atoms with Gasteiger partial charge in [-0.3, -0.25) is 4.79 Å². The summed E-state index contributed by atoms with van der Waals surface area (Å²) in [6, 6.07) is 16.1. The first kappa shape index (κ1) is 17.0. The molecule has 0 amide bonds. The van der Waals surface area contributed by atoms with Gasteiger partial charge in [-0.25, -0.2) is 4.79 Å². The molecule has 0 aromatic heterocycles. The number of hydrogen-bond acceptors (Lipinski definition) is 2. The topological polar surface area (TPSA) is 54.4 Å². The molecule has 2 aromatic rings. The Labute approximate surface area is 154 Å². The minimum absolute atomic E-state index is 0.0574. The molecule has 26 heavy (non-hydrogen) atoms. The minimum atomic E-state index is -0.871. The van der Waals surface area contributed by atoms with Crippen LogP contribution in [0.1, 0.15) is 59.2 Å². The summed E-state index contributed by atoms with van der Waals surface area (Å²) in [5.41, 5.74) is 4.04. The maximum atomic E-state index is 12.2. The van der Waals surface area contributed by atoms with Gasteiger partial charge >= 0.3 is 5.97 Å². The van der Waals surface area contributed by atoms with E-state index in [1.54, 1.807) is 6.07 Å². The average Bonchev–Trinajstić information content (AvgIpc) is 2.79. The fourth-order valence-corrected chi connectivity index (χ4v) is 5.12. The Morgan fingerprint density at radius 1 is 1.12 bits per heavy atom. The molecule has 0 heterocycles. The second kappa shape index (κ2) is 6.71. The molecule has 1 N–H and O–H groups in total. The highest BCUT2D eigenvalue weighted by Crippen LogP contribution is 2.50. The summed E-state index contributed by atoms with van der Waals surface area (Å²) in [5.74, 6) is -0.144. The highest BCUT2D eigenvalue weighted by Gasteiger charge is 2.46. The van der Waals surface area contributed by atoms with Gasteiger partial charge in [0.15, 0.2) is 0 Å². The van der Waals surface area contributed by atoms with Crippen molar-refractivity contribution in [3.8, 4) is 0 Å². The van der Waals surface area contributed by atoms with Crippen molar-refractivity contribution in [1.29, 1.82) is 0 Å². The van der Waals surface area contributed by atoms with E-state index in [2.05, 4.69) is 24.3 Å². The number of ketones is 1. The van der Waals surface area contributed by atoms with Crippen molar-refractivity contribution in [2.24, 2.45) is 5.92 Å². The quantitative estimate of drug-likeness (QED) is 0.884. The molecule has 1 saturated carbocycles. The van der Waals surface area contributed by atoms with Crippen LogP contribution in [0.25, 0.3) is 0 Å². The van der Waals surface area contributed by atoms with Crippen LogP contribution in [0.15, 0.2) is 48.5 Å². The highest BCUT2D eigenvalue weighted by atomic mass is 16.4. The lowest BCUT2D eigenvalue weighted by molar-refractivity contribution is -0.123. The van der Waals surface area contributed by atoms with E-state index in [0.717, 1.165) is 37.7 Å². The maximum Gasteiger partial charge on any atom is 0.335 e. The number of carbonyl (C=O) groups is 2. The number of carbonyl (C=O) groups excluding carboxylic acids is 1. The number of benzene rings is 2. The molecule has 0 unspecified atom stereocenters. The second-order valence-corrected chi connectivity index (χ2v) is 7.83. The third-order valence-electron chi connectivity index (χ3n) is 6.36. The molecule has 0 aliphatic heterocycles. The molecule has 0 spiro atoms. The number of fused-ring (bicyclic) bond motifs is 3. The second-order valence-electron chi connectivity index (χ2n) is 7.83. The Bertz CT molecular complexity index is 840. The lowest BCUT2D eigenvalue weighted by Gasteiger charge is -2.44. The van der Waals surface area contributed by atoms with Crippen LogP contribution in [0.5, 0.6) is 0 Å². The molecule has 3 nitrogen and oxygen atoms in total. The van der Waals surface area contributed by atoms with Crippen molar-refractivity contribution in [3.63, 3.8) is 0 Å². The number of hydrogen-bond donors (Lipinski definition) is 1. The van der Waals surface area contributed by atoms with E-state index in [0.29, 0.717) is 30.1 Å². The number of aryl methyl sites for hydroxylation is 1. The monoisotopic (exact) mass is 348 g/mol. The molecular weight excluding hydrogens is 324 g/mol. The summed E-state index contributed by atoms with van der Waals surface area (Å²) in [6.45, 7) is 0. The van der Waals surface area contributed by atoms with Crippen LogP contribution in [0.3, 0.4) is 0 Å². The number of carboxylic acid groups (broad SMARTS) is 1. The zero-order valence-electron chi connectivity index (χ0n) is 14.9. The first-order chi connectivity index (χ1) is 12.6. The van der Waals surface area contributed by atoms with E-state index in [9.17, 15) is 14.7 Å². The third kappa shape index (κ3) is 2.96. The zero-order valence-corrected chi connectivity index (χ0v) is 14.9. The van der Waals surface area contributed by atoms with Crippen molar-refractivity contribution in [2.75, 3.05) is 0 Å². The predicted octanol–water partition coefficient (Wildman–Crippen LogP) is 4.57. The van der Waals surface area contributed by atoms with Gasteiger partial charge in [0.1, 0.15) is 5.78 Å². The van der Waals surface area contributed by atoms with Crippen molar-refractivity contribution in [2.45, 2.75) is 50.4 Å². The van der Waals surface area contributed by atoms with Gasteiger partial charge in [-0.15, -0.1) is 0 Å². The standard InChI is InChI=1S/C23H24O3/c24-20-11-12-23(15-16-5-2-1-3-6-16)19(14-20)8-4-7-17-13-18(22(25)26)9-10-21(17)23/h1-3,5-6,9-10,13,19H,4,7-8,11-12,14-15H2,(H,25,26)/t19-,23-/m1/s1. The van der Waals surface area contributed by atoms with E-state index in [4.69, 9.17) is 0 Å². The molecule has 0 radical (unpaired) electrons. The Hall–Kier alpha value is -2.42. The summed E-state index contributed by atoms with van der Waals surface area (Å²) < 4.78 is 0. The van der Waals surface area contributed by atoms with Crippen LogP contribution < -0.4 is 0 Å². The van der Waals surface area contributed by atoms with E-state index in [1.165, 1.54) is 11.1 Å². The summed E-state index contributed by atoms with van der Waals surface area (Å²) in [7, 11) is 0. The lowest BCUT2D eigenvalue weighted by atomic mass is 9.59. The van der Waals surface area contributed by atoms with Gasteiger partial charge in [-0.05, 0) is 66.8 Å². The summed E-state index contributed by atoms with van der Waals surface area (Å²) in [5, 5.41) is 9.38. The van der Waals surface area contributed by atoms with Gasteiger partial charge in [-0.1, -0.05) is 36.4 Å². The van der Waals surface area contributed by atoms with Gasteiger partial charge in [0, 0.05) is 18.3 Å². The van der Waals surface area contributed by atoms with Crippen LogP contribution in [0, 0.1) is 5.92 Å². The van der Waals surface area contributed by atoms with E-state index >= 15 is 0 Å². The molecule has 2 aliphatic carbocycles. The smallest absolute Gasteiger partial charge is 0.335 e. The Morgan fingerprint density at radius 2 is 1.92 bits per heavy atom. The van der Waals surface area contributed by atoms with Crippen molar-refractivity contribution in [3.05, 3.63) is 70.8 Å². The Morgan fingerprint density at radius 3 is 2.69 bits per heavy atom. The SMILES string of the molecule is O=C1CC[C@]2(Cc3ccccc3)c3ccc(C(=O)O)cc3CCC[C@@H]2C1. The minimum Gasteiger partial charge on any atom is -0.478 e. The van der Waals surface area contributed by atoms with Crippen molar-refractivity contribution in [1.82, 2.24) is 0 Å². The zero-order chi connectivity index (χ0) is 18.1. The van der Waals surface area contributed by atoms with Gasteiger partial charge in [0.05, 0.1) is 5.56 Å². The van der Waals surface area contributed by atoms with E-state index < -0.39 is 5.97 Å². The fourth-order valence-electron chi connectivity index (χ4n) is 5.12. The number of rotatable bonds is 3. The summed E-state index contributed by atoms with van der Waals surface area (Å²) in [6.07, 6.45) is 6.03. The molecule has 0 saturated heterocycles. The van der Waals surface area contributed by atoms with Gasteiger partial charge in [0.2, 0.25) is 0 Å². The number of Topliss-reactive ketones (excluding diaryl/α,β-unsaturated/α-hetero) is 1. The van der Waals surface area contributed by atoms with Crippen molar-refractivity contribution < 1.29 is 14.7 Å².